The van der Waals surface area contributed by atoms with Crippen LogP contribution < -0.4 is 9.47 Å². The lowest BCUT2D eigenvalue weighted by Gasteiger charge is -2.20. The van der Waals surface area contributed by atoms with Gasteiger partial charge >= 0.3 is 0 Å². The van der Waals surface area contributed by atoms with Crippen LogP contribution in [-0.2, 0) is 58.6 Å². The number of methoxy groups -OCH3 is 4. The van der Waals surface area contributed by atoms with E-state index in [4.69, 9.17) is 28.4 Å². The van der Waals surface area contributed by atoms with Crippen molar-refractivity contribution < 1.29 is 28.4 Å². The number of ether oxygens (including phenoxy) is 6. The number of hydrogen-bond donors (Lipinski definition) is 0. The molecule has 44 heavy (non-hydrogen) atoms. The topological polar surface area (TPSA) is 55.4 Å². The highest BCUT2D eigenvalue weighted by molar-refractivity contribution is 5.71. The zero-order chi connectivity index (χ0) is 31.3. The predicted molar refractivity (Wildman–Crippen MR) is 176 cm³/mol. The van der Waals surface area contributed by atoms with E-state index in [2.05, 4.69) is 37.4 Å². The van der Waals surface area contributed by atoms with E-state index in [9.17, 15) is 0 Å². The molecule has 0 atom stereocenters. The van der Waals surface area contributed by atoms with Gasteiger partial charge in [0.1, 0.15) is 24.7 Å². The maximum Gasteiger partial charge on any atom is 0.130 e. The zero-order valence-corrected chi connectivity index (χ0v) is 26.2. The van der Waals surface area contributed by atoms with E-state index in [-0.39, 0.29) is 0 Å². The summed E-state index contributed by atoms with van der Waals surface area (Å²) in [5, 5.41) is 0. The molecule has 0 unspecified atom stereocenters. The minimum atomic E-state index is 0.386. The van der Waals surface area contributed by atoms with Gasteiger partial charge in [-0.25, -0.2) is 0 Å². The van der Waals surface area contributed by atoms with Gasteiger partial charge in [0.05, 0.1) is 26.4 Å². The molecule has 0 spiro atoms. The molecule has 4 aromatic carbocycles. The van der Waals surface area contributed by atoms with Crippen molar-refractivity contribution in [2.24, 2.45) is 0 Å². The molecule has 0 N–H and O–H groups in total. The molecule has 6 nitrogen and oxygen atoms in total. The van der Waals surface area contributed by atoms with Crippen LogP contribution in [0.15, 0.2) is 86.0 Å². The summed E-state index contributed by atoms with van der Waals surface area (Å²) in [4.78, 5) is 0. The third-order valence-corrected chi connectivity index (χ3v) is 7.22. The van der Waals surface area contributed by atoms with Crippen LogP contribution in [0.4, 0.5) is 0 Å². The van der Waals surface area contributed by atoms with Gasteiger partial charge < -0.3 is 28.4 Å². The summed E-state index contributed by atoms with van der Waals surface area (Å²) in [7, 11) is 6.74. The maximum absolute atomic E-state index is 6.40. The average Bonchev–Trinajstić information content (AvgIpc) is 3.05. The van der Waals surface area contributed by atoms with Crippen molar-refractivity contribution in [3.8, 4) is 22.6 Å². The highest BCUT2D eigenvalue weighted by Crippen LogP contribution is 2.37. The van der Waals surface area contributed by atoms with Crippen LogP contribution in [0.1, 0.15) is 44.5 Å². The van der Waals surface area contributed by atoms with E-state index >= 15 is 0 Å². The van der Waals surface area contributed by atoms with E-state index in [1.54, 1.807) is 28.4 Å². The Morgan fingerprint density at radius 1 is 0.455 bits per heavy atom. The molecule has 230 valence electrons. The van der Waals surface area contributed by atoms with Crippen LogP contribution in [0.3, 0.4) is 0 Å². The third kappa shape index (κ3) is 8.46. The van der Waals surface area contributed by atoms with Crippen molar-refractivity contribution in [1.82, 2.24) is 0 Å². The Bertz CT molecular complexity index is 1350. The molecule has 0 aliphatic heterocycles. The number of hydrogen-bond acceptors (Lipinski definition) is 6. The van der Waals surface area contributed by atoms with Crippen LogP contribution in [0.2, 0.25) is 0 Å². The highest BCUT2D eigenvalue weighted by Gasteiger charge is 2.18. The van der Waals surface area contributed by atoms with Gasteiger partial charge in [0.25, 0.3) is 0 Å². The molecule has 0 aliphatic carbocycles. The fourth-order valence-electron chi connectivity index (χ4n) is 5.07. The van der Waals surface area contributed by atoms with E-state index in [1.807, 2.05) is 60.7 Å². The monoisotopic (exact) mass is 594 g/mol. The van der Waals surface area contributed by atoms with Crippen LogP contribution in [-0.4, -0.2) is 28.4 Å². The first-order valence-electron chi connectivity index (χ1n) is 14.5. The first-order chi connectivity index (χ1) is 21.5. The fourth-order valence-corrected chi connectivity index (χ4v) is 5.07. The highest BCUT2D eigenvalue weighted by atomic mass is 16.5. The SMILES string of the molecule is C=Cc1ccc(COc2c(COC)cc(-c3cc(COC)c(OCc4ccc(C=C)cc4)c(COC)c3)cc2COC)cc1. The van der Waals surface area contributed by atoms with Gasteiger partial charge in [0.15, 0.2) is 0 Å². The summed E-state index contributed by atoms with van der Waals surface area (Å²) >= 11 is 0. The summed E-state index contributed by atoms with van der Waals surface area (Å²) in [6.07, 6.45) is 3.65. The van der Waals surface area contributed by atoms with Gasteiger partial charge in [-0.15, -0.1) is 0 Å². The molecular formula is C38H42O6. The van der Waals surface area contributed by atoms with Crippen LogP contribution >= 0.6 is 0 Å². The lowest BCUT2D eigenvalue weighted by molar-refractivity contribution is 0.169. The van der Waals surface area contributed by atoms with Crippen molar-refractivity contribution in [3.05, 3.63) is 130 Å². The third-order valence-electron chi connectivity index (χ3n) is 7.22. The largest absolute Gasteiger partial charge is 0.488 e. The smallest absolute Gasteiger partial charge is 0.130 e. The molecule has 0 heterocycles. The molecule has 0 amide bonds. The van der Waals surface area contributed by atoms with Gasteiger partial charge in [-0.1, -0.05) is 73.8 Å². The Kier molecular flexibility index (Phi) is 12.3. The Labute approximate surface area is 261 Å². The lowest BCUT2D eigenvalue weighted by atomic mass is 9.95. The molecule has 0 bridgehead atoms. The maximum atomic E-state index is 6.40. The first kappa shape index (κ1) is 32.7. The molecule has 0 saturated heterocycles. The first-order valence-corrected chi connectivity index (χ1v) is 14.5. The minimum absolute atomic E-state index is 0.386. The Morgan fingerprint density at radius 3 is 1.00 bits per heavy atom. The van der Waals surface area contributed by atoms with E-state index < -0.39 is 0 Å². The standard InChI is InChI=1S/C38H42O6/c1-7-27-9-13-29(14-10-27)21-43-37-33(23-39-3)17-31(18-34(37)24-40-4)32-19-35(25-41-5)38(36(20-32)26-42-6)44-22-30-15-11-28(8-2)12-16-30/h7-20H,1-2,21-26H2,3-6H3. The van der Waals surface area contributed by atoms with Gasteiger partial charge in [-0.3, -0.25) is 0 Å². The second kappa shape index (κ2) is 16.6. The second-order valence-electron chi connectivity index (χ2n) is 10.4. The molecular weight excluding hydrogens is 552 g/mol. The molecule has 0 fully saturated rings. The molecule has 0 aliphatic rings. The van der Waals surface area contributed by atoms with E-state index in [0.29, 0.717) is 39.6 Å². The van der Waals surface area contributed by atoms with Gasteiger partial charge in [0.2, 0.25) is 0 Å². The van der Waals surface area contributed by atoms with Gasteiger partial charge in [-0.2, -0.15) is 0 Å². The minimum Gasteiger partial charge on any atom is -0.488 e. The average molecular weight is 595 g/mol. The Hall–Kier alpha value is -4.20. The zero-order valence-electron chi connectivity index (χ0n) is 26.2. The van der Waals surface area contributed by atoms with Gasteiger partial charge in [-0.05, 0) is 57.6 Å². The molecule has 0 aromatic heterocycles. The van der Waals surface area contributed by atoms with Crippen LogP contribution in [0.5, 0.6) is 11.5 Å². The van der Waals surface area contributed by atoms with Crippen molar-refractivity contribution in [2.75, 3.05) is 28.4 Å². The Morgan fingerprint density at radius 2 is 0.750 bits per heavy atom. The van der Waals surface area contributed by atoms with Crippen molar-refractivity contribution in [1.29, 1.82) is 0 Å². The van der Waals surface area contributed by atoms with Gasteiger partial charge in [0, 0.05) is 50.7 Å². The summed E-state index contributed by atoms with van der Waals surface area (Å²) in [6.45, 7) is 10.0. The van der Waals surface area contributed by atoms with E-state index in [0.717, 1.165) is 67.1 Å². The number of benzene rings is 4. The van der Waals surface area contributed by atoms with E-state index in [1.165, 1.54) is 0 Å². The molecule has 4 rings (SSSR count). The molecule has 6 heteroatoms. The van der Waals surface area contributed by atoms with Crippen LogP contribution in [0, 0.1) is 0 Å². The fraction of sp³-hybridized carbons (Fsp3) is 0.263. The summed E-state index contributed by atoms with van der Waals surface area (Å²) in [5.74, 6) is 1.53. The molecule has 0 radical (unpaired) electrons. The number of rotatable bonds is 17. The normalized spacial score (nSPS) is 10.9. The molecule has 4 aromatic rings. The van der Waals surface area contributed by atoms with Crippen molar-refractivity contribution in [3.63, 3.8) is 0 Å². The predicted octanol–water partition coefficient (Wildman–Crippen LogP) is 8.38. The van der Waals surface area contributed by atoms with Crippen LogP contribution in [0.25, 0.3) is 23.3 Å². The van der Waals surface area contributed by atoms with Crippen molar-refractivity contribution in [2.45, 2.75) is 39.6 Å². The molecule has 0 saturated carbocycles. The Balaban J connectivity index is 1.71. The van der Waals surface area contributed by atoms with Crippen molar-refractivity contribution >= 4 is 12.2 Å². The second-order valence-corrected chi connectivity index (χ2v) is 10.4. The summed E-state index contributed by atoms with van der Waals surface area (Å²) in [5.41, 5.74) is 10.0. The summed E-state index contributed by atoms with van der Waals surface area (Å²) < 4.78 is 35.2. The quantitative estimate of drug-likeness (QED) is 0.122. The summed E-state index contributed by atoms with van der Waals surface area (Å²) in [6, 6.07) is 24.8. The lowest BCUT2D eigenvalue weighted by Crippen LogP contribution is -2.06.